The molecular weight excluding hydrogens is 498 g/mol. The van der Waals surface area contributed by atoms with Gasteiger partial charge in [0.1, 0.15) is 11.5 Å². The minimum atomic E-state index is -0.205. The number of rotatable bonds is 18. The number of hydrogen-bond donors (Lipinski definition) is 1. The number of phenols is 1. The van der Waals surface area contributed by atoms with Gasteiger partial charge in [-0.25, -0.2) is 0 Å². The Kier molecular flexibility index (Phi) is 14.7. The predicted octanol–water partition coefficient (Wildman–Crippen LogP) is 9.88. The average Bonchev–Trinajstić information content (AvgIpc) is 2.84. The number of nitrogens with zero attached hydrogens (tertiary/aromatic N) is 3. The van der Waals surface area contributed by atoms with Gasteiger partial charge >= 0.3 is 6.01 Å². The van der Waals surface area contributed by atoms with Crippen molar-refractivity contribution in [3.05, 3.63) is 23.3 Å². The molecule has 0 radical (unpaired) electrons. The monoisotopic (exact) mass is 547 g/mol. The summed E-state index contributed by atoms with van der Waals surface area (Å²) in [4.78, 5) is 14.0. The van der Waals surface area contributed by atoms with E-state index in [4.69, 9.17) is 9.72 Å². The third kappa shape index (κ3) is 12.3. The highest BCUT2D eigenvalue weighted by Crippen LogP contribution is 2.37. The molecule has 0 bridgehead atoms. The predicted molar refractivity (Wildman–Crippen MR) is 160 cm³/mol. The normalized spacial score (nSPS) is 11.7. The Bertz CT molecular complexity index is 896. The van der Waals surface area contributed by atoms with Gasteiger partial charge in [-0.15, -0.1) is 0 Å². The van der Waals surface area contributed by atoms with Crippen LogP contribution in [-0.2, 0) is 5.41 Å². The molecule has 0 saturated carbocycles. The van der Waals surface area contributed by atoms with Gasteiger partial charge in [0.25, 0.3) is 0 Å². The average molecular weight is 548 g/mol. The maximum Gasteiger partial charge on any atom is 0.327 e. The number of phenolic OH excluding ortho intramolecular Hbond substituents is 1. The first-order valence-electron chi connectivity index (χ1n) is 14.3. The molecule has 2 rings (SSSR count). The number of thioether (sulfide) groups is 2. The number of aromatic nitrogens is 3. The lowest BCUT2D eigenvalue weighted by molar-refractivity contribution is 0.412. The van der Waals surface area contributed by atoms with Crippen molar-refractivity contribution in [3.8, 4) is 17.5 Å². The minimum absolute atomic E-state index is 0.205. The fourth-order valence-electron chi connectivity index (χ4n) is 4.07. The van der Waals surface area contributed by atoms with Crippen LogP contribution in [0.5, 0.6) is 17.5 Å². The lowest BCUT2D eigenvalue weighted by Gasteiger charge is -2.22. The van der Waals surface area contributed by atoms with Crippen LogP contribution in [0.15, 0.2) is 22.4 Å². The molecule has 37 heavy (non-hydrogen) atoms. The second kappa shape index (κ2) is 17.2. The van der Waals surface area contributed by atoms with Gasteiger partial charge in [0.15, 0.2) is 10.3 Å². The molecule has 0 unspecified atom stereocenters. The summed E-state index contributed by atoms with van der Waals surface area (Å²) in [6.45, 7) is 12.7. The molecule has 1 heterocycles. The fraction of sp³-hybridized carbons (Fsp3) is 0.700. The second-order valence-corrected chi connectivity index (χ2v) is 13.0. The first-order valence-corrected chi connectivity index (χ1v) is 16.2. The van der Waals surface area contributed by atoms with Gasteiger partial charge in [0, 0.05) is 17.1 Å². The molecule has 2 aromatic rings. The fourth-order valence-corrected chi connectivity index (χ4v) is 5.78. The molecule has 1 aromatic carbocycles. The van der Waals surface area contributed by atoms with E-state index in [1.807, 2.05) is 19.1 Å². The molecule has 0 aliphatic rings. The van der Waals surface area contributed by atoms with Gasteiger partial charge in [-0.1, -0.05) is 122 Å². The number of unbranched alkanes of at least 4 members (excludes halogenated alkanes) is 10. The topological polar surface area (TPSA) is 68.1 Å². The van der Waals surface area contributed by atoms with Crippen LogP contribution < -0.4 is 4.74 Å². The molecular formula is C30H49N3O2S2. The quantitative estimate of drug-likeness (QED) is 0.147. The summed E-state index contributed by atoms with van der Waals surface area (Å²) in [6.07, 6.45) is 15.3. The zero-order valence-electron chi connectivity index (χ0n) is 24.1. The van der Waals surface area contributed by atoms with E-state index in [0.29, 0.717) is 17.5 Å². The van der Waals surface area contributed by atoms with Crippen LogP contribution in [0.4, 0.5) is 0 Å². The minimum Gasteiger partial charge on any atom is -0.507 e. The van der Waals surface area contributed by atoms with Crippen molar-refractivity contribution in [3.63, 3.8) is 0 Å². The number of ether oxygens (including phenoxy) is 1. The maximum atomic E-state index is 10.6. The summed E-state index contributed by atoms with van der Waals surface area (Å²) in [7, 11) is 0. The summed E-state index contributed by atoms with van der Waals surface area (Å²) >= 11 is 3.39. The van der Waals surface area contributed by atoms with Gasteiger partial charge in [-0.2, -0.15) is 15.0 Å². The van der Waals surface area contributed by atoms with E-state index in [9.17, 15) is 5.11 Å². The Balaban J connectivity index is 2.09. The van der Waals surface area contributed by atoms with Crippen LogP contribution >= 0.6 is 23.5 Å². The molecule has 0 spiro atoms. The van der Waals surface area contributed by atoms with Crippen LogP contribution in [0, 0.1) is 6.92 Å². The SMILES string of the molecule is CCCCCCCCSc1nc(Oc2cc(C)c(O)c(C(C)(C)C)c2)nc(SCCCCCCCC)n1. The Morgan fingerprint density at radius 1 is 0.730 bits per heavy atom. The zero-order valence-corrected chi connectivity index (χ0v) is 25.7. The van der Waals surface area contributed by atoms with Crippen LogP contribution in [0.25, 0.3) is 0 Å². The molecule has 0 fully saturated rings. The van der Waals surface area contributed by atoms with Crippen molar-refractivity contribution in [2.45, 2.75) is 134 Å². The molecule has 0 amide bonds. The van der Waals surface area contributed by atoms with Gasteiger partial charge in [-0.05, 0) is 42.9 Å². The van der Waals surface area contributed by atoms with Crippen molar-refractivity contribution in [1.29, 1.82) is 0 Å². The highest BCUT2D eigenvalue weighted by Gasteiger charge is 2.21. The molecule has 1 aromatic heterocycles. The summed E-state index contributed by atoms with van der Waals surface area (Å²) in [5.41, 5.74) is 1.43. The summed E-state index contributed by atoms with van der Waals surface area (Å²) in [5.74, 6) is 2.97. The zero-order chi connectivity index (χ0) is 27.1. The standard InChI is InChI=1S/C30H49N3O2S2/c1-7-9-11-13-15-17-19-36-28-31-27(32-29(33-28)37-20-18-16-14-12-10-8-2)35-24-21-23(3)26(34)25(22-24)30(4,5)6/h21-22,34H,7-20H2,1-6H3. The highest BCUT2D eigenvalue weighted by atomic mass is 32.2. The van der Waals surface area contributed by atoms with Gasteiger partial charge in [0.05, 0.1) is 0 Å². The van der Waals surface area contributed by atoms with Gasteiger partial charge in [0.2, 0.25) is 0 Å². The van der Waals surface area contributed by atoms with E-state index in [0.717, 1.165) is 32.9 Å². The van der Waals surface area contributed by atoms with Crippen LogP contribution in [-0.4, -0.2) is 31.6 Å². The maximum absolute atomic E-state index is 10.6. The summed E-state index contributed by atoms with van der Waals surface area (Å²) < 4.78 is 6.17. The smallest absolute Gasteiger partial charge is 0.327 e. The van der Waals surface area contributed by atoms with Gasteiger partial charge < -0.3 is 9.84 Å². The molecule has 0 aliphatic carbocycles. The Hall–Kier alpha value is -1.47. The van der Waals surface area contributed by atoms with Gasteiger partial charge in [-0.3, -0.25) is 0 Å². The Morgan fingerprint density at radius 2 is 1.22 bits per heavy atom. The van der Waals surface area contributed by atoms with Crippen molar-refractivity contribution in [2.75, 3.05) is 11.5 Å². The Morgan fingerprint density at radius 3 is 1.70 bits per heavy atom. The van der Waals surface area contributed by atoms with Crippen LogP contribution in [0.3, 0.4) is 0 Å². The van der Waals surface area contributed by atoms with E-state index >= 15 is 0 Å². The van der Waals surface area contributed by atoms with E-state index in [1.54, 1.807) is 23.5 Å². The van der Waals surface area contributed by atoms with E-state index in [-0.39, 0.29) is 5.41 Å². The van der Waals surface area contributed by atoms with E-state index in [1.165, 1.54) is 77.0 Å². The second-order valence-electron chi connectivity index (χ2n) is 10.9. The highest BCUT2D eigenvalue weighted by molar-refractivity contribution is 7.99. The first kappa shape index (κ1) is 31.7. The van der Waals surface area contributed by atoms with Crippen LogP contribution in [0.2, 0.25) is 0 Å². The molecule has 208 valence electrons. The molecule has 7 heteroatoms. The first-order chi connectivity index (χ1) is 17.7. The molecule has 0 saturated heterocycles. The lowest BCUT2D eigenvalue weighted by atomic mass is 9.85. The third-order valence-electron chi connectivity index (χ3n) is 6.32. The van der Waals surface area contributed by atoms with Crippen molar-refractivity contribution < 1.29 is 9.84 Å². The number of aryl methyl sites for hydroxylation is 1. The van der Waals surface area contributed by atoms with Crippen molar-refractivity contribution in [1.82, 2.24) is 15.0 Å². The molecule has 5 nitrogen and oxygen atoms in total. The van der Waals surface area contributed by atoms with E-state index in [2.05, 4.69) is 44.6 Å². The molecule has 1 N–H and O–H groups in total. The van der Waals surface area contributed by atoms with Crippen LogP contribution in [0.1, 0.15) is 123 Å². The summed E-state index contributed by atoms with van der Waals surface area (Å²) in [6, 6.07) is 4.08. The third-order valence-corrected chi connectivity index (χ3v) is 8.19. The van der Waals surface area contributed by atoms with E-state index < -0.39 is 0 Å². The Labute approximate surface area is 234 Å². The number of benzene rings is 1. The number of hydrogen-bond acceptors (Lipinski definition) is 7. The number of aromatic hydroxyl groups is 1. The lowest BCUT2D eigenvalue weighted by Crippen LogP contribution is -2.12. The van der Waals surface area contributed by atoms with Crippen molar-refractivity contribution >= 4 is 23.5 Å². The summed E-state index contributed by atoms with van der Waals surface area (Å²) in [5, 5.41) is 12.0. The largest absolute Gasteiger partial charge is 0.507 e. The van der Waals surface area contributed by atoms with Crippen molar-refractivity contribution in [2.24, 2.45) is 0 Å². The molecule has 0 atom stereocenters. The molecule has 0 aliphatic heterocycles.